The minimum atomic E-state index is 0.250. The number of benzene rings is 1. The van der Waals surface area contributed by atoms with E-state index < -0.39 is 0 Å². The SMILES string of the molecule is OCC1CNCCC1c1ccc(Cl)cc1. The summed E-state index contributed by atoms with van der Waals surface area (Å²) in [7, 11) is 0. The molecule has 15 heavy (non-hydrogen) atoms. The number of rotatable bonds is 2. The molecular weight excluding hydrogens is 210 g/mol. The summed E-state index contributed by atoms with van der Waals surface area (Å²) in [6, 6.07) is 7.99. The molecule has 0 aromatic heterocycles. The molecule has 0 amide bonds. The largest absolute Gasteiger partial charge is 0.396 e. The van der Waals surface area contributed by atoms with E-state index in [0.29, 0.717) is 11.8 Å². The predicted molar refractivity (Wildman–Crippen MR) is 62.3 cm³/mol. The summed E-state index contributed by atoms with van der Waals surface area (Å²) in [6.07, 6.45) is 1.09. The van der Waals surface area contributed by atoms with E-state index in [0.717, 1.165) is 24.5 Å². The van der Waals surface area contributed by atoms with Crippen LogP contribution in [0.5, 0.6) is 0 Å². The van der Waals surface area contributed by atoms with Crippen LogP contribution in [0.1, 0.15) is 17.9 Å². The molecule has 1 saturated heterocycles. The van der Waals surface area contributed by atoms with Crippen molar-refractivity contribution in [3.8, 4) is 0 Å². The van der Waals surface area contributed by atoms with Crippen molar-refractivity contribution in [2.24, 2.45) is 5.92 Å². The van der Waals surface area contributed by atoms with Crippen molar-refractivity contribution in [3.05, 3.63) is 34.9 Å². The van der Waals surface area contributed by atoms with E-state index >= 15 is 0 Å². The minimum Gasteiger partial charge on any atom is -0.396 e. The van der Waals surface area contributed by atoms with Crippen LogP contribution in [0.4, 0.5) is 0 Å². The second kappa shape index (κ2) is 4.97. The molecule has 1 fully saturated rings. The van der Waals surface area contributed by atoms with Crippen LogP contribution in [0.3, 0.4) is 0 Å². The number of aliphatic hydroxyl groups excluding tert-OH is 1. The van der Waals surface area contributed by atoms with E-state index in [1.54, 1.807) is 0 Å². The Labute approximate surface area is 95.3 Å². The molecule has 2 N–H and O–H groups in total. The first-order chi connectivity index (χ1) is 7.31. The number of hydrogen-bond acceptors (Lipinski definition) is 2. The third-order valence-corrected chi connectivity index (χ3v) is 3.39. The molecular formula is C12H16ClNO. The number of nitrogens with one attached hydrogen (secondary N) is 1. The zero-order valence-corrected chi connectivity index (χ0v) is 9.37. The van der Waals surface area contributed by atoms with Gasteiger partial charge in [0.05, 0.1) is 0 Å². The maximum absolute atomic E-state index is 9.31. The standard InChI is InChI=1S/C12H16ClNO/c13-11-3-1-9(2-4-11)12-5-6-14-7-10(12)8-15/h1-4,10,12,14-15H,5-8H2. The molecule has 1 heterocycles. The van der Waals surface area contributed by atoms with Gasteiger partial charge in [-0.25, -0.2) is 0 Å². The topological polar surface area (TPSA) is 32.3 Å². The molecule has 1 aromatic rings. The van der Waals surface area contributed by atoms with Gasteiger partial charge in [-0.15, -0.1) is 0 Å². The fourth-order valence-electron chi connectivity index (χ4n) is 2.26. The molecule has 1 aliphatic heterocycles. The Kier molecular flexibility index (Phi) is 3.62. The van der Waals surface area contributed by atoms with Crippen LogP contribution in [-0.2, 0) is 0 Å². The lowest BCUT2D eigenvalue weighted by atomic mass is 9.82. The maximum atomic E-state index is 9.31. The van der Waals surface area contributed by atoms with Gasteiger partial charge in [0.15, 0.2) is 0 Å². The smallest absolute Gasteiger partial charge is 0.0477 e. The monoisotopic (exact) mass is 225 g/mol. The van der Waals surface area contributed by atoms with Crippen LogP contribution in [0.25, 0.3) is 0 Å². The normalized spacial score (nSPS) is 26.5. The fraction of sp³-hybridized carbons (Fsp3) is 0.500. The third kappa shape index (κ3) is 2.51. The van der Waals surface area contributed by atoms with Crippen molar-refractivity contribution in [1.82, 2.24) is 5.32 Å². The predicted octanol–water partition coefficient (Wildman–Crippen LogP) is 2.03. The summed E-state index contributed by atoms with van der Waals surface area (Å²) in [5.74, 6) is 0.799. The average Bonchev–Trinajstić information content (AvgIpc) is 2.30. The molecule has 2 unspecified atom stereocenters. The highest BCUT2D eigenvalue weighted by Gasteiger charge is 2.25. The highest BCUT2D eigenvalue weighted by atomic mass is 35.5. The lowest BCUT2D eigenvalue weighted by Gasteiger charge is -2.31. The van der Waals surface area contributed by atoms with E-state index in [2.05, 4.69) is 17.4 Å². The molecule has 82 valence electrons. The van der Waals surface area contributed by atoms with Gasteiger partial charge in [-0.05, 0) is 36.6 Å². The van der Waals surface area contributed by atoms with Crippen molar-refractivity contribution in [3.63, 3.8) is 0 Å². The lowest BCUT2D eigenvalue weighted by molar-refractivity contribution is 0.179. The first-order valence-electron chi connectivity index (χ1n) is 5.38. The van der Waals surface area contributed by atoms with Gasteiger partial charge in [0.2, 0.25) is 0 Å². The van der Waals surface area contributed by atoms with Gasteiger partial charge in [0.1, 0.15) is 0 Å². The summed E-state index contributed by atoms with van der Waals surface area (Å²) in [4.78, 5) is 0. The Morgan fingerprint density at radius 2 is 2.07 bits per heavy atom. The van der Waals surface area contributed by atoms with E-state index in [1.807, 2.05) is 12.1 Å². The van der Waals surface area contributed by atoms with Gasteiger partial charge < -0.3 is 10.4 Å². The minimum absolute atomic E-state index is 0.250. The number of piperidine rings is 1. The molecule has 2 rings (SSSR count). The molecule has 0 bridgehead atoms. The maximum Gasteiger partial charge on any atom is 0.0477 e. The van der Waals surface area contributed by atoms with Crippen molar-refractivity contribution in [1.29, 1.82) is 0 Å². The lowest BCUT2D eigenvalue weighted by Crippen LogP contribution is -2.37. The van der Waals surface area contributed by atoms with Gasteiger partial charge in [-0.3, -0.25) is 0 Å². The zero-order chi connectivity index (χ0) is 10.7. The molecule has 1 aromatic carbocycles. The van der Waals surface area contributed by atoms with Crippen molar-refractivity contribution < 1.29 is 5.11 Å². The van der Waals surface area contributed by atoms with Crippen LogP contribution < -0.4 is 5.32 Å². The highest BCUT2D eigenvalue weighted by Crippen LogP contribution is 2.30. The van der Waals surface area contributed by atoms with Gasteiger partial charge in [-0.2, -0.15) is 0 Å². The van der Waals surface area contributed by atoms with Gasteiger partial charge in [0, 0.05) is 24.1 Å². The Hall–Kier alpha value is -0.570. The van der Waals surface area contributed by atoms with Gasteiger partial charge >= 0.3 is 0 Å². The van der Waals surface area contributed by atoms with Crippen LogP contribution in [-0.4, -0.2) is 24.8 Å². The summed E-state index contributed by atoms with van der Waals surface area (Å²) < 4.78 is 0. The summed E-state index contributed by atoms with van der Waals surface area (Å²) >= 11 is 5.86. The second-order valence-electron chi connectivity index (χ2n) is 4.09. The molecule has 2 nitrogen and oxygen atoms in total. The first kappa shape index (κ1) is 10.9. The van der Waals surface area contributed by atoms with Gasteiger partial charge in [0.25, 0.3) is 0 Å². The van der Waals surface area contributed by atoms with Crippen LogP contribution in [0.2, 0.25) is 5.02 Å². The molecule has 0 saturated carbocycles. The summed E-state index contributed by atoms with van der Waals surface area (Å²) in [5.41, 5.74) is 1.29. The molecule has 1 aliphatic rings. The number of halogens is 1. The van der Waals surface area contributed by atoms with Crippen molar-refractivity contribution >= 4 is 11.6 Å². The Morgan fingerprint density at radius 3 is 2.73 bits per heavy atom. The van der Waals surface area contributed by atoms with E-state index in [1.165, 1.54) is 5.56 Å². The van der Waals surface area contributed by atoms with E-state index in [4.69, 9.17) is 11.6 Å². The molecule has 2 atom stereocenters. The van der Waals surface area contributed by atoms with Crippen molar-refractivity contribution in [2.75, 3.05) is 19.7 Å². The van der Waals surface area contributed by atoms with Crippen LogP contribution in [0.15, 0.2) is 24.3 Å². The average molecular weight is 226 g/mol. The number of hydrogen-bond donors (Lipinski definition) is 2. The fourth-order valence-corrected chi connectivity index (χ4v) is 2.39. The summed E-state index contributed by atoms with van der Waals surface area (Å²) in [6.45, 7) is 2.19. The highest BCUT2D eigenvalue weighted by molar-refractivity contribution is 6.30. The Bertz CT molecular complexity index is 312. The Balaban J connectivity index is 2.16. The van der Waals surface area contributed by atoms with Crippen LogP contribution in [0, 0.1) is 5.92 Å². The Morgan fingerprint density at radius 1 is 1.33 bits per heavy atom. The van der Waals surface area contributed by atoms with E-state index in [9.17, 15) is 5.11 Å². The first-order valence-corrected chi connectivity index (χ1v) is 5.76. The van der Waals surface area contributed by atoms with Crippen molar-refractivity contribution in [2.45, 2.75) is 12.3 Å². The third-order valence-electron chi connectivity index (χ3n) is 3.14. The second-order valence-corrected chi connectivity index (χ2v) is 4.53. The van der Waals surface area contributed by atoms with Gasteiger partial charge in [-0.1, -0.05) is 23.7 Å². The quantitative estimate of drug-likeness (QED) is 0.807. The summed E-state index contributed by atoms with van der Waals surface area (Å²) in [5, 5.41) is 13.4. The van der Waals surface area contributed by atoms with Crippen LogP contribution >= 0.6 is 11.6 Å². The van der Waals surface area contributed by atoms with E-state index in [-0.39, 0.29) is 6.61 Å². The zero-order valence-electron chi connectivity index (χ0n) is 8.62. The molecule has 0 aliphatic carbocycles. The number of aliphatic hydroxyl groups is 1. The molecule has 0 radical (unpaired) electrons. The molecule has 3 heteroatoms. The molecule has 0 spiro atoms.